The van der Waals surface area contributed by atoms with Gasteiger partial charge in [0, 0.05) is 6.04 Å². The second-order valence-electron chi connectivity index (χ2n) is 4.67. The lowest BCUT2D eigenvalue weighted by Gasteiger charge is -2.09. The van der Waals surface area contributed by atoms with E-state index in [-0.39, 0.29) is 18.3 Å². The molecule has 0 radical (unpaired) electrons. The molecule has 0 aliphatic rings. The smallest absolute Gasteiger partial charge is 0.262 e. The van der Waals surface area contributed by atoms with Crippen LogP contribution >= 0.6 is 0 Å². The Morgan fingerprint density at radius 1 is 1.24 bits per heavy atom. The van der Waals surface area contributed by atoms with Crippen molar-refractivity contribution < 1.29 is 13.9 Å². The molecule has 2 rings (SSSR count). The first-order chi connectivity index (χ1) is 10.1. The number of rotatable bonds is 5. The van der Waals surface area contributed by atoms with Crippen molar-refractivity contribution in [3.8, 4) is 5.75 Å². The van der Waals surface area contributed by atoms with Gasteiger partial charge in [0.25, 0.3) is 5.91 Å². The molecule has 0 aromatic heterocycles. The van der Waals surface area contributed by atoms with E-state index >= 15 is 0 Å². The Balaban J connectivity index is 1.88. The number of hydrogen-bond donors (Lipinski definition) is 2. The van der Waals surface area contributed by atoms with Crippen molar-refractivity contribution in [1.82, 2.24) is 0 Å². The number of amides is 1. The Hall–Kier alpha value is -2.40. The molecule has 2 aromatic carbocycles. The summed E-state index contributed by atoms with van der Waals surface area (Å²) in [6.07, 6.45) is 0. The molecule has 21 heavy (non-hydrogen) atoms. The number of nitrogens with two attached hydrogens (primary N) is 1. The van der Waals surface area contributed by atoms with Gasteiger partial charge >= 0.3 is 0 Å². The second kappa shape index (κ2) is 6.85. The van der Waals surface area contributed by atoms with Gasteiger partial charge in [0.2, 0.25) is 0 Å². The molecule has 0 bridgehead atoms. The molecule has 5 heteroatoms. The van der Waals surface area contributed by atoms with E-state index in [1.165, 1.54) is 12.1 Å². The molecule has 1 amide bonds. The van der Waals surface area contributed by atoms with Crippen LogP contribution < -0.4 is 15.8 Å². The number of hydrogen-bond acceptors (Lipinski definition) is 3. The highest BCUT2D eigenvalue weighted by atomic mass is 19.1. The van der Waals surface area contributed by atoms with E-state index in [1.54, 1.807) is 24.3 Å². The summed E-state index contributed by atoms with van der Waals surface area (Å²) in [5.41, 5.74) is 6.87. The fraction of sp³-hybridized carbons (Fsp3) is 0.188. The van der Waals surface area contributed by atoms with Crippen LogP contribution in [-0.4, -0.2) is 12.5 Å². The third kappa shape index (κ3) is 4.29. The number of anilines is 1. The maximum Gasteiger partial charge on any atom is 0.262 e. The zero-order valence-corrected chi connectivity index (χ0v) is 11.7. The minimum Gasteiger partial charge on any atom is -0.484 e. The van der Waals surface area contributed by atoms with E-state index in [1.807, 2.05) is 19.1 Å². The summed E-state index contributed by atoms with van der Waals surface area (Å²) < 4.78 is 18.7. The lowest BCUT2D eigenvalue weighted by Crippen LogP contribution is -2.20. The van der Waals surface area contributed by atoms with Crippen LogP contribution in [0.1, 0.15) is 18.5 Å². The molecule has 0 spiro atoms. The fourth-order valence-corrected chi connectivity index (χ4v) is 1.77. The normalized spacial score (nSPS) is 11.8. The third-order valence-corrected chi connectivity index (χ3v) is 2.92. The van der Waals surface area contributed by atoms with Crippen LogP contribution in [0.5, 0.6) is 5.75 Å². The first-order valence-electron chi connectivity index (χ1n) is 6.59. The molecule has 1 atom stereocenters. The zero-order chi connectivity index (χ0) is 15.2. The molecule has 0 saturated carbocycles. The number of carbonyl (C=O) groups is 1. The molecular weight excluding hydrogens is 271 g/mol. The van der Waals surface area contributed by atoms with Crippen LogP contribution in [0.15, 0.2) is 48.5 Å². The second-order valence-corrected chi connectivity index (χ2v) is 4.67. The summed E-state index contributed by atoms with van der Waals surface area (Å²) in [6, 6.07) is 13.1. The van der Waals surface area contributed by atoms with Crippen LogP contribution in [0.25, 0.3) is 0 Å². The van der Waals surface area contributed by atoms with E-state index < -0.39 is 11.7 Å². The summed E-state index contributed by atoms with van der Waals surface area (Å²) in [5.74, 6) is -0.341. The van der Waals surface area contributed by atoms with Gasteiger partial charge in [-0.3, -0.25) is 4.79 Å². The van der Waals surface area contributed by atoms with Crippen molar-refractivity contribution in [1.29, 1.82) is 0 Å². The molecule has 110 valence electrons. The van der Waals surface area contributed by atoms with E-state index in [9.17, 15) is 9.18 Å². The highest BCUT2D eigenvalue weighted by molar-refractivity contribution is 5.91. The number of halogens is 1. The summed E-state index contributed by atoms with van der Waals surface area (Å²) in [6.45, 7) is 1.70. The van der Waals surface area contributed by atoms with Crippen molar-refractivity contribution in [2.24, 2.45) is 5.73 Å². The highest BCUT2D eigenvalue weighted by Crippen LogP contribution is 2.16. The largest absolute Gasteiger partial charge is 0.484 e. The molecule has 4 nitrogen and oxygen atoms in total. The monoisotopic (exact) mass is 288 g/mol. The molecule has 0 aliphatic carbocycles. The number of ether oxygens (including phenoxy) is 1. The minimum atomic E-state index is -0.480. The van der Waals surface area contributed by atoms with Crippen molar-refractivity contribution in [3.05, 3.63) is 59.9 Å². The lowest BCUT2D eigenvalue weighted by atomic mass is 10.1. The molecule has 3 N–H and O–H groups in total. The van der Waals surface area contributed by atoms with Gasteiger partial charge in [-0.05, 0) is 36.8 Å². The lowest BCUT2D eigenvalue weighted by molar-refractivity contribution is -0.118. The minimum absolute atomic E-state index is 0.0524. The summed E-state index contributed by atoms with van der Waals surface area (Å²) in [5, 5.41) is 2.45. The summed E-state index contributed by atoms with van der Waals surface area (Å²) in [7, 11) is 0. The Kier molecular flexibility index (Phi) is 4.90. The number of benzene rings is 2. The predicted octanol–water partition coefficient (Wildman–Crippen LogP) is 2.86. The quantitative estimate of drug-likeness (QED) is 0.889. The molecule has 2 aromatic rings. The highest BCUT2D eigenvalue weighted by Gasteiger charge is 2.07. The van der Waals surface area contributed by atoms with Crippen LogP contribution in [-0.2, 0) is 4.79 Å². The van der Waals surface area contributed by atoms with Crippen molar-refractivity contribution in [2.45, 2.75) is 13.0 Å². The van der Waals surface area contributed by atoms with Crippen molar-refractivity contribution >= 4 is 11.6 Å². The van der Waals surface area contributed by atoms with Crippen molar-refractivity contribution in [3.63, 3.8) is 0 Å². The summed E-state index contributed by atoms with van der Waals surface area (Å²) in [4.78, 5) is 11.7. The van der Waals surface area contributed by atoms with Crippen LogP contribution in [0.3, 0.4) is 0 Å². The van der Waals surface area contributed by atoms with Crippen LogP contribution in [0.4, 0.5) is 10.1 Å². The molecular formula is C16H17FN2O2. The van der Waals surface area contributed by atoms with Gasteiger partial charge in [0.1, 0.15) is 11.6 Å². The first-order valence-corrected chi connectivity index (χ1v) is 6.59. The van der Waals surface area contributed by atoms with Crippen LogP contribution in [0, 0.1) is 5.82 Å². The Morgan fingerprint density at radius 3 is 2.52 bits per heavy atom. The molecule has 0 heterocycles. The Bertz CT molecular complexity index is 612. The Morgan fingerprint density at radius 2 is 1.90 bits per heavy atom. The van der Waals surface area contributed by atoms with Gasteiger partial charge in [0.05, 0.1) is 5.69 Å². The Labute approximate surface area is 122 Å². The molecule has 0 fully saturated rings. The third-order valence-electron chi connectivity index (χ3n) is 2.92. The maximum absolute atomic E-state index is 13.4. The number of carbonyl (C=O) groups excluding carboxylic acids is 1. The first kappa shape index (κ1) is 15.0. The average Bonchev–Trinajstić information content (AvgIpc) is 2.48. The number of nitrogens with one attached hydrogen (secondary N) is 1. The average molecular weight is 288 g/mol. The molecule has 0 aliphatic heterocycles. The molecule has 0 saturated heterocycles. The van der Waals surface area contributed by atoms with E-state index in [2.05, 4.69) is 5.32 Å². The molecule has 0 unspecified atom stereocenters. The topological polar surface area (TPSA) is 64.3 Å². The van der Waals surface area contributed by atoms with Crippen LogP contribution in [0.2, 0.25) is 0 Å². The van der Waals surface area contributed by atoms with Gasteiger partial charge in [-0.1, -0.05) is 24.3 Å². The summed E-state index contributed by atoms with van der Waals surface area (Å²) >= 11 is 0. The van der Waals surface area contributed by atoms with Gasteiger partial charge in [0.15, 0.2) is 6.61 Å². The van der Waals surface area contributed by atoms with E-state index in [0.29, 0.717) is 5.75 Å². The van der Waals surface area contributed by atoms with Crippen molar-refractivity contribution in [2.75, 3.05) is 11.9 Å². The van der Waals surface area contributed by atoms with Gasteiger partial charge in [-0.25, -0.2) is 4.39 Å². The van der Waals surface area contributed by atoms with Gasteiger partial charge < -0.3 is 15.8 Å². The fourth-order valence-electron chi connectivity index (χ4n) is 1.77. The predicted molar refractivity (Wildman–Crippen MR) is 79.6 cm³/mol. The van der Waals surface area contributed by atoms with Gasteiger partial charge in [-0.15, -0.1) is 0 Å². The standard InChI is InChI=1S/C16H17FN2O2/c1-11(18)12-6-8-13(9-7-12)21-10-16(20)19-15-5-3-2-4-14(15)17/h2-9,11H,10,18H2,1H3,(H,19,20)/t11-/m0/s1. The van der Waals surface area contributed by atoms with E-state index in [0.717, 1.165) is 5.56 Å². The van der Waals surface area contributed by atoms with Gasteiger partial charge in [-0.2, -0.15) is 0 Å². The zero-order valence-electron chi connectivity index (χ0n) is 11.7. The number of para-hydroxylation sites is 1. The maximum atomic E-state index is 13.4. The SMILES string of the molecule is C[C@H](N)c1ccc(OCC(=O)Nc2ccccc2F)cc1. The van der Waals surface area contributed by atoms with E-state index in [4.69, 9.17) is 10.5 Å².